The molecule has 2 heterocycles. The third-order valence-electron chi connectivity index (χ3n) is 2.92. The second-order valence-electron chi connectivity index (χ2n) is 4.12. The van der Waals surface area contributed by atoms with Crippen molar-refractivity contribution in [2.24, 2.45) is 0 Å². The van der Waals surface area contributed by atoms with E-state index < -0.39 is 4.92 Å². The number of halogens is 1. The lowest BCUT2D eigenvalue weighted by Gasteiger charge is -1.96. The molecular weight excluding hydrogens is 284 g/mol. The molecule has 7 heteroatoms. The van der Waals surface area contributed by atoms with Gasteiger partial charge in [0.2, 0.25) is 5.78 Å². The zero-order valence-electron chi connectivity index (χ0n) is 9.92. The largest absolute Gasteiger partial charge is 0.441 e. The number of non-ortho nitro benzene ring substituents is 1. The number of fused-ring (bicyclic) bond motifs is 1. The third-order valence-corrected chi connectivity index (χ3v) is 3.12. The Balaban J connectivity index is 2.14. The van der Waals surface area contributed by atoms with Crippen LogP contribution in [0.1, 0.15) is 16.1 Å². The molecule has 3 rings (SSSR count). The molecular formula is C13H7ClN2O4. The summed E-state index contributed by atoms with van der Waals surface area (Å²) < 4.78 is 5.06. The van der Waals surface area contributed by atoms with Crippen LogP contribution in [0.2, 0.25) is 5.22 Å². The summed E-state index contributed by atoms with van der Waals surface area (Å²) in [6, 6.07) is 7.20. The van der Waals surface area contributed by atoms with Crippen LogP contribution in [0, 0.1) is 10.1 Å². The van der Waals surface area contributed by atoms with Gasteiger partial charge in [-0.25, -0.2) is 0 Å². The zero-order valence-corrected chi connectivity index (χ0v) is 10.7. The molecule has 0 saturated heterocycles. The van der Waals surface area contributed by atoms with E-state index in [1.54, 1.807) is 6.07 Å². The van der Waals surface area contributed by atoms with E-state index in [1.165, 1.54) is 30.5 Å². The van der Waals surface area contributed by atoms with E-state index >= 15 is 0 Å². The molecule has 0 bridgehead atoms. The first kappa shape index (κ1) is 12.4. The van der Waals surface area contributed by atoms with Crippen molar-refractivity contribution in [3.63, 3.8) is 0 Å². The first-order valence-electron chi connectivity index (χ1n) is 5.62. The Labute approximate surface area is 117 Å². The summed E-state index contributed by atoms with van der Waals surface area (Å²) in [6.45, 7) is 0. The van der Waals surface area contributed by atoms with Crippen molar-refractivity contribution in [3.05, 3.63) is 63.2 Å². The van der Waals surface area contributed by atoms with Gasteiger partial charge in [0.25, 0.3) is 5.69 Å². The number of H-pyrrole nitrogens is 1. The molecule has 0 aliphatic heterocycles. The molecule has 2 aromatic heterocycles. The van der Waals surface area contributed by atoms with E-state index in [9.17, 15) is 14.9 Å². The second-order valence-corrected chi connectivity index (χ2v) is 4.49. The van der Waals surface area contributed by atoms with Gasteiger partial charge >= 0.3 is 0 Å². The molecule has 0 atom stereocenters. The van der Waals surface area contributed by atoms with Crippen molar-refractivity contribution in [2.75, 3.05) is 0 Å². The van der Waals surface area contributed by atoms with Gasteiger partial charge in [-0.3, -0.25) is 14.9 Å². The van der Waals surface area contributed by atoms with Crippen LogP contribution in [0.15, 0.2) is 40.9 Å². The summed E-state index contributed by atoms with van der Waals surface area (Å²) in [7, 11) is 0. The molecule has 0 aliphatic rings. The van der Waals surface area contributed by atoms with Crippen LogP contribution in [-0.2, 0) is 0 Å². The first-order valence-corrected chi connectivity index (χ1v) is 5.99. The molecule has 6 nitrogen and oxygen atoms in total. The number of aromatic nitrogens is 1. The topological polar surface area (TPSA) is 89.1 Å². The van der Waals surface area contributed by atoms with E-state index in [2.05, 4.69) is 4.98 Å². The predicted molar refractivity (Wildman–Crippen MR) is 72.1 cm³/mol. The quantitative estimate of drug-likeness (QED) is 0.454. The normalized spacial score (nSPS) is 10.8. The van der Waals surface area contributed by atoms with Gasteiger partial charge < -0.3 is 9.40 Å². The number of nitrogens with one attached hydrogen (secondary N) is 1. The molecule has 0 unspecified atom stereocenters. The molecule has 1 N–H and O–H groups in total. The van der Waals surface area contributed by atoms with Gasteiger partial charge in [0.15, 0.2) is 11.0 Å². The van der Waals surface area contributed by atoms with Gasteiger partial charge in [-0.15, -0.1) is 0 Å². The lowest BCUT2D eigenvalue weighted by Crippen LogP contribution is -1.98. The summed E-state index contributed by atoms with van der Waals surface area (Å²) in [6.07, 6.45) is 1.49. The van der Waals surface area contributed by atoms with E-state index in [0.717, 1.165) is 0 Å². The highest BCUT2D eigenvalue weighted by Crippen LogP contribution is 2.26. The van der Waals surface area contributed by atoms with Gasteiger partial charge in [-0.1, -0.05) is 0 Å². The van der Waals surface area contributed by atoms with Crippen LogP contribution in [0.3, 0.4) is 0 Å². The molecule has 0 radical (unpaired) electrons. The number of nitro groups is 1. The number of hydrogen-bond donors (Lipinski definition) is 1. The number of carbonyl (C=O) groups excluding carboxylic acids is 1. The predicted octanol–water partition coefficient (Wildman–Crippen LogP) is 3.55. The van der Waals surface area contributed by atoms with E-state index in [4.69, 9.17) is 16.0 Å². The molecule has 0 aliphatic carbocycles. The van der Waals surface area contributed by atoms with Crippen molar-refractivity contribution >= 4 is 34.0 Å². The SMILES string of the molecule is O=C(c1ccc(Cl)o1)c1c[nH]c2ccc([N+](=O)[O-])cc12. The van der Waals surface area contributed by atoms with Crippen molar-refractivity contribution < 1.29 is 14.1 Å². The van der Waals surface area contributed by atoms with Crippen molar-refractivity contribution in [2.45, 2.75) is 0 Å². The maximum absolute atomic E-state index is 12.3. The van der Waals surface area contributed by atoms with Gasteiger partial charge in [-0.05, 0) is 29.8 Å². The minimum absolute atomic E-state index is 0.0800. The van der Waals surface area contributed by atoms with Crippen LogP contribution in [-0.4, -0.2) is 15.7 Å². The molecule has 1 aromatic carbocycles. The lowest BCUT2D eigenvalue weighted by molar-refractivity contribution is -0.384. The number of aromatic amines is 1. The van der Waals surface area contributed by atoms with Crippen molar-refractivity contribution in [1.29, 1.82) is 0 Å². The van der Waals surface area contributed by atoms with Crippen LogP contribution < -0.4 is 0 Å². The van der Waals surface area contributed by atoms with Gasteiger partial charge in [0.05, 0.1) is 10.5 Å². The standard InChI is InChI=1S/C13H7ClN2O4/c14-12-4-3-11(20-12)13(17)9-6-15-10-2-1-7(16(18)19)5-8(9)10/h1-6,15H. The smallest absolute Gasteiger partial charge is 0.270 e. The minimum atomic E-state index is -0.509. The van der Waals surface area contributed by atoms with Crippen LogP contribution in [0.5, 0.6) is 0 Å². The molecule has 0 amide bonds. The lowest BCUT2D eigenvalue weighted by atomic mass is 10.1. The van der Waals surface area contributed by atoms with E-state index in [-0.39, 0.29) is 22.5 Å². The number of nitro benzene ring substituents is 1. The summed E-state index contributed by atoms with van der Waals surface area (Å²) >= 11 is 5.63. The maximum atomic E-state index is 12.3. The Bertz CT molecular complexity index is 834. The minimum Gasteiger partial charge on any atom is -0.441 e. The Kier molecular flexibility index (Phi) is 2.80. The summed E-state index contributed by atoms with van der Waals surface area (Å²) in [4.78, 5) is 25.5. The Morgan fingerprint density at radius 2 is 2.10 bits per heavy atom. The highest BCUT2D eigenvalue weighted by atomic mass is 35.5. The van der Waals surface area contributed by atoms with Gasteiger partial charge in [0.1, 0.15) is 0 Å². The Morgan fingerprint density at radius 3 is 2.75 bits per heavy atom. The highest BCUT2D eigenvalue weighted by molar-refractivity contribution is 6.29. The Morgan fingerprint density at radius 1 is 1.30 bits per heavy atom. The van der Waals surface area contributed by atoms with Crippen LogP contribution in [0.25, 0.3) is 10.9 Å². The highest BCUT2D eigenvalue weighted by Gasteiger charge is 2.19. The molecule has 0 spiro atoms. The van der Waals surface area contributed by atoms with Crippen LogP contribution in [0.4, 0.5) is 5.69 Å². The zero-order chi connectivity index (χ0) is 14.3. The number of benzene rings is 1. The Hall–Kier alpha value is -2.60. The maximum Gasteiger partial charge on any atom is 0.270 e. The van der Waals surface area contributed by atoms with Gasteiger partial charge in [-0.2, -0.15) is 0 Å². The van der Waals surface area contributed by atoms with Gasteiger partial charge in [0, 0.05) is 29.2 Å². The first-order chi connectivity index (χ1) is 9.56. The monoisotopic (exact) mass is 290 g/mol. The fourth-order valence-electron chi connectivity index (χ4n) is 1.98. The van der Waals surface area contributed by atoms with E-state index in [1.807, 2.05) is 0 Å². The molecule has 100 valence electrons. The fourth-order valence-corrected chi connectivity index (χ4v) is 2.13. The van der Waals surface area contributed by atoms with E-state index in [0.29, 0.717) is 16.5 Å². The number of ketones is 1. The molecule has 0 saturated carbocycles. The van der Waals surface area contributed by atoms with Crippen LogP contribution >= 0.6 is 11.6 Å². The molecule has 3 aromatic rings. The average molecular weight is 291 g/mol. The average Bonchev–Trinajstić information content (AvgIpc) is 3.03. The van der Waals surface area contributed by atoms with Crippen molar-refractivity contribution in [1.82, 2.24) is 4.98 Å². The fraction of sp³-hybridized carbons (Fsp3) is 0. The number of hydrogen-bond acceptors (Lipinski definition) is 4. The summed E-state index contributed by atoms with van der Waals surface area (Å²) in [5.74, 6) is -0.300. The number of nitrogens with zero attached hydrogens (tertiary/aromatic N) is 1. The van der Waals surface area contributed by atoms with Crippen molar-refractivity contribution in [3.8, 4) is 0 Å². The number of furan rings is 1. The number of carbonyl (C=O) groups is 1. The second kappa shape index (κ2) is 4.50. The summed E-state index contributed by atoms with van der Waals surface area (Å²) in [5.41, 5.74) is 0.856. The third kappa shape index (κ3) is 1.96. The number of rotatable bonds is 3. The molecule has 0 fully saturated rings. The summed E-state index contributed by atoms with van der Waals surface area (Å²) in [5, 5.41) is 11.4. The molecule has 20 heavy (non-hydrogen) atoms.